The zero-order chi connectivity index (χ0) is 11.5. The fourth-order valence-electron chi connectivity index (χ4n) is 2.00. The lowest BCUT2D eigenvalue weighted by molar-refractivity contribution is 0.375. The third kappa shape index (κ3) is 4.09. The van der Waals surface area contributed by atoms with Gasteiger partial charge in [-0.15, -0.1) is 0 Å². The fraction of sp³-hybridized carbons (Fsp3) is 1.00. The van der Waals surface area contributed by atoms with Crippen LogP contribution < -0.4 is 11.1 Å². The van der Waals surface area contributed by atoms with Crippen LogP contribution in [0.1, 0.15) is 33.1 Å². The third-order valence-electron chi connectivity index (χ3n) is 2.95. The molecule has 0 aromatic heterocycles. The Balaban J connectivity index is 2.39. The summed E-state index contributed by atoms with van der Waals surface area (Å²) in [5.74, 6) is 0.554. The Labute approximate surface area is 92.5 Å². The molecule has 90 valence electrons. The highest BCUT2D eigenvalue weighted by atomic mass is 32.2. The van der Waals surface area contributed by atoms with Crippen LogP contribution in [0.25, 0.3) is 0 Å². The topological polar surface area (TPSA) is 72.2 Å². The molecule has 1 fully saturated rings. The second kappa shape index (κ2) is 4.80. The van der Waals surface area contributed by atoms with Gasteiger partial charge in [0.25, 0.3) is 0 Å². The number of nitrogens with one attached hydrogen (secondary N) is 1. The van der Waals surface area contributed by atoms with E-state index >= 15 is 0 Å². The molecule has 0 saturated carbocycles. The van der Waals surface area contributed by atoms with Crippen LogP contribution in [0, 0.1) is 0 Å². The van der Waals surface area contributed by atoms with Crippen molar-refractivity contribution in [2.45, 2.75) is 44.7 Å². The second-order valence-electron chi connectivity index (χ2n) is 4.83. The van der Waals surface area contributed by atoms with E-state index in [0.717, 1.165) is 12.8 Å². The van der Waals surface area contributed by atoms with E-state index in [1.165, 1.54) is 0 Å². The van der Waals surface area contributed by atoms with Crippen LogP contribution in [0.4, 0.5) is 0 Å². The Morgan fingerprint density at radius 1 is 1.53 bits per heavy atom. The minimum atomic E-state index is -2.82. The van der Waals surface area contributed by atoms with Gasteiger partial charge in [-0.25, -0.2) is 8.42 Å². The van der Waals surface area contributed by atoms with E-state index in [1.54, 1.807) is 0 Å². The number of hydrogen-bond acceptors (Lipinski definition) is 4. The molecule has 5 heteroatoms. The van der Waals surface area contributed by atoms with Gasteiger partial charge in [-0.2, -0.15) is 0 Å². The van der Waals surface area contributed by atoms with Crippen molar-refractivity contribution in [2.24, 2.45) is 5.73 Å². The van der Waals surface area contributed by atoms with E-state index in [-0.39, 0.29) is 17.3 Å². The maximum absolute atomic E-state index is 11.3. The summed E-state index contributed by atoms with van der Waals surface area (Å²) in [5, 5.41) is 3.29. The van der Waals surface area contributed by atoms with E-state index in [4.69, 9.17) is 5.73 Å². The summed E-state index contributed by atoms with van der Waals surface area (Å²) in [5.41, 5.74) is 5.62. The van der Waals surface area contributed by atoms with Crippen molar-refractivity contribution in [3.05, 3.63) is 0 Å². The molecule has 2 unspecified atom stereocenters. The third-order valence-corrected chi connectivity index (χ3v) is 4.86. The highest BCUT2D eigenvalue weighted by Crippen LogP contribution is 2.22. The molecule has 1 heterocycles. The van der Waals surface area contributed by atoms with Crippen molar-refractivity contribution < 1.29 is 8.42 Å². The fourth-order valence-corrected chi connectivity index (χ4v) is 4.12. The lowest BCUT2D eigenvalue weighted by Crippen LogP contribution is -2.48. The quantitative estimate of drug-likeness (QED) is 0.717. The Morgan fingerprint density at radius 3 is 2.67 bits per heavy atom. The van der Waals surface area contributed by atoms with Gasteiger partial charge >= 0.3 is 0 Å². The summed E-state index contributed by atoms with van der Waals surface area (Å²) in [6.45, 7) is 4.78. The van der Waals surface area contributed by atoms with Gasteiger partial charge < -0.3 is 11.1 Å². The first kappa shape index (κ1) is 12.9. The monoisotopic (exact) mass is 234 g/mol. The van der Waals surface area contributed by atoms with Gasteiger partial charge in [0, 0.05) is 18.1 Å². The maximum Gasteiger partial charge on any atom is 0.152 e. The molecular weight excluding hydrogens is 212 g/mol. The van der Waals surface area contributed by atoms with Crippen LogP contribution in [0.5, 0.6) is 0 Å². The van der Waals surface area contributed by atoms with Gasteiger partial charge in [0.15, 0.2) is 9.84 Å². The summed E-state index contributed by atoms with van der Waals surface area (Å²) < 4.78 is 22.7. The molecule has 0 aliphatic carbocycles. The summed E-state index contributed by atoms with van der Waals surface area (Å²) in [6.07, 6.45) is 2.75. The van der Waals surface area contributed by atoms with Crippen LogP contribution in [0.3, 0.4) is 0 Å². The predicted octanol–water partition coefficient (Wildman–Crippen LogP) is 0.281. The average Bonchev–Trinajstić information content (AvgIpc) is 2.39. The molecule has 0 amide bonds. The molecule has 15 heavy (non-hydrogen) atoms. The summed E-state index contributed by atoms with van der Waals surface area (Å²) in [7, 11) is -2.82. The average molecular weight is 234 g/mol. The lowest BCUT2D eigenvalue weighted by Gasteiger charge is -2.26. The number of hydrogen-bond donors (Lipinski definition) is 2. The molecule has 1 aliphatic heterocycles. The summed E-state index contributed by atoms with van der Waals surface area (Å²) in [6, 6.07) is 0.134. The maximum atomic E-state index is 11.3. The van der Waals surface area contributed by atoms with Crippen LogP contribution >= 0.6 is 0 Å². The molecule has 1 aliphatic rings. The molecule has 2 atom stereocenters. The van der Waals surface area contributed by atoms with Crippen molar-refractivity contribution in [2.75, 3.05) is 18.1 Å². The Kier molecular flexibility index (Phi) is 4.14. The predicted molar refractivity (Wildman–Crippen MR) is 62.6 cm³/mol. The van der Waals surface area contributed by atoms with E-state index in [1.807, 2.05) is 6.92 Å². The SMILES string of the molecule is CCCC(N)CNC1(C)CCS(=O)(=O)C1. The van der Waals surface area contributed by atoms with Gasteiger partial charge in [0.05, 0.1) is 11.5 Å². The standard InChI is InChI=1S/C10H22N2O2S/c1-3-4-9(11)7-12-10(2)5-6-15(13,14)8-10/h9,12H,3-8,11H2,1-2H3. The van der Waals surface area contributed by atoms with Crippen LogP contribution in [-0.2, 0) is 9.84 Å². The number of sulfone groups is 1. The first-order valence-electron chi connectivity index (χ1n) is 5.58. The Bertz CT molecular complexity index is 303. The van der Waals surface area contributed by atoms with E-state index in [0.29, 0.717) is 18.7 Å². The molecule has 0 aromatic carbocycles. The Morgan fingerprint density at radius 2 is 2.20 bits per heavy atom. The highest BCUT2D eigenvalue weighted by molar-refractivity contribution is 7.91. The summed E-state index contributed by atoms with van der Waals surface area (Å²) >= 11 is 0. The van der Waals surface area contributed by atoms with E-state index in [2.05, 4.69) is 12.2 Å². The zero-order valence-electron chi connectivity index (χ0n) is 9.62. The smallest absolute Gasteiger partial charge is 0.152 e. The van der Waals surface area contributed by atoms with Gasteiger partial charge in [0.1, 0.15) is 0 Å². The van der Waals surface area contributed by atoms with Gasteiger partial charge in [-0.05, 0) is 19.8 Å². The Hall–Kier alpha value is -0.130. The molecule has 1 saturated heterocycles. The largest absolute Gasteiger partial charge is 0.327 e. The van der Waals surface area contributed by atoms with Crippen molar-refractivity contribution >= 4 is 9.84 Å². The number of nitrogens with two attached hydrogens (primary N) is 1. The van der Waals surface area contributed by atoms with Crippen molar-refractivity contribution in [1.82, 2.24) is 5.32 Å². The molecule has 0 spiro atoms. The van der Waals surface area contributed by atoms with Crippen LogP contribution in [-0.4, -0.2) is 38.0 Å². The number of rotatable bonds is 5. The highest BCUT2D eigenvalue weighted by Gasteiger charge is 2.37. The molecule has 0 bridgehead atoms. The van der Waals surface area contributed by atoms with Gasteiger partial charge in [0.2, 0.25) is 0 Å². The molecule has 0 radical (unpaired) electrons. The second-order valence-corrected chi connectivity index (χ2v) is 7.02. The van der Waals surface area contributed by atoms with E-state index in [9.17, 15) is 8.42 Å². The van der Waals surface area contributed by atoms with Gasteiger partial charge in [-0.1, -0.05) is 13.3 Å². The molecule has 3 N–H and O–H groups in total. The molecule has 1 rings (SSSR count). The minimum Gasteiger partial charge on any atom is -0.327 e. The molecule has 0 aromatic rings. The molecular formula is C10H22N2O2S. The lowest BCUT2D eigenvalue weighted by atomic mass is 10.0. The minimum absolute atomic E-state index is 0.134. The first-order valence-corrected chi connectivity index (χ1v) is 7.40. The van der Waals surface area contributed by atoms with Crippen LogP contribution in [0.15, 0.2) is 0 Å². The molecule has 4 nitrogen and oxygen atoms in total. The van der Waals surface area contributed by atoms with Crippen molar-refractivity contribution in [3.63, 3.8) is 0 Å². The van der Waals surface area contributed by atoms with E-state index < -0.39 is 9.84 Å². The normalized spacial score (nSPS) is 31.7. The van der Waals surface area contributed by atoms with Crippen LogP contribution in [0.2, 0.25) is 0 Å². The first-order chi connectivity index (χ1) is 6.87. The van der Waals surface area contributed by atoms with Crippen molar-refractivity contribution in [3.8, 4) is 0 Å². The van der Waals surface area contributed by atoms with Gasteiger partial charge in [-0.3, -0.25) is 0 Å². The van der Waals surface area contributed by atoms with Crippen molar-refractivity contribution in [1.29, 1.82) is 0 Å². The zero-order valence-corrected chi connectivity index (χ0v) is 10.4. The summed E-state index contributed by atoms with van der Waals surface area (Å²) in [4.78, 5) is 0.